The smallest absolute Gasteiger partial charge is 0.0345 e. The first kappa shape index (κ1) is 34.5. The minimum absolute atomic E-state index is 0. The number of hydrogen-bond acceptors (Lipinski definition) is 0. The van der Waals surface area contributed by atoms with Crippen LogP contribution in [0.3, 0.4) is 0 Å². The van der Waals surface area contributed by atoms with Gasteiger partial charge in [0.2, 0.25) is 0 Å². The first-order valence-electron chi connectivity index (χ1n) is 11.0. The summed E-state index contributed by atoms with van der Waals surface area (Å²) in [4.78, 5) is 0. The van der Waals surface area contributed by atoms with Crippen molar-refractivity contribution >= 4 is 0 Å². The van der Waals surface area contributed by atoms with Crippen LogP contribution in [0, 0.1) is 45.3 Å². The molecule has 0 rings (SSSR count). The zero-order valence-electron chi connectivity index (χ0n) is 22.3. The molecule has 0 amide bonds. The molecule has 0 saturated heterocycles. The summed E-state index contributed by atoms with van der Waals surface area (Å²) in [5.41, 5.74) is 1.87. The molecule has 0 N–H and O–H groups in total. The van der Waals surface area contributed by atoms with E-state index >= 15 is 0 Å². The molecule has 0 aromatic carbocycles. The average Bonchev–Trinajstić information content (AvgIpc) is 2.33. The zero-order chi connectivity index (χ0) is 22.3. The molecule has 0 heterocycles. The maximum Gasteiger partial charge on any atom is -0.0345 e. The van der Waals surface area contributed by atoms with Gasteiger partial charge in [-0.2, -0.15) is 0 Å². The van der Waals surface area contributed by atoms with E-state index in [9.17, 15) is 0 Å². The highest BCUT2D eigenvalue weighted by Gasteiger charge is 2.30. The van der Waals surface area contributed by atoms with Crippen molar-refractivity contribution in [3.63, 3.8) is 0 Å². The highest BCUT2D eigenvalue weighted by atomic mass is 14.4. The highest BCUT2D eigenvalue weighted by Crippen LogP contribution is 2.38. The summed E-state index contributed by atoms with van der Waals surface area (Å²) in [5, 5.41) is 0. The molecule has 0 fully saturated rings. The van der Waals surface area contributed by atoms with Gasteiger partial charge >= 0.3 is 0 Å². The standard InChI is InChI=1S/C10H22.C9H20.C7H16.CH4/c1-8(9(2,3)4)10(5,6)7;1-7(2)8(3)9(4,5)6;1-6(2)7(3,4)5;/h8H,1-7H3;7-8H,1-6H3;6H,1-5H3;1H4. The molecule has 1 atom stereocenters. The van der Waals surface area contributed by atoms with Crippen molar-refractivity contribution in [1.29, 1.82) is 0 Å². The van der Waals surface area contributed by atoms with E-state index < -0.39 is 0 Å². The third kappa shape index (κ3) is 19.1. The molecule has 0 heteroatoms. The molecule has 0 aliphatic rings. The van der Waals surface area contributed by atoms with Crippen LogP contribution in [0.4, 0.5) is 0 Å². The van der Waals surface area contributed by atoms with E-state index in [1.54, 1.807) is 0 Å². The fourth-order valence-corrected chi connectivity index (χ4v) is 2.30. The van der Waals surface area contributed by atoms with Crippen molar-refractivity contribution < 1.29 is 0 Å². The van der Waals surface area contributed by atoms with E-state index in [0.717, 1.165) is 23.7 Å². The summed E-state index contributed by atoms with van der Waals surface area (Å²) in [6, 6.07) is 0. The molecule has 0 saturated carbocycles. The van der Waals surface area contributed by atoms with Crippen molar-refractivity contribution in [2.45, 2.75) is 132 Å². The lowest BCUT2D eigenvalue weighted by atomic mass is 9.68. The Morgan fingerprint density at radius 3 is 0.630 bits per heavy atom. The molecular formula is C27H62. The van der Waals surface area contributed by atoms with Crippen LogP contribution in [-0.2, 0) is 0 Å². The predicted molar refractivity (Wildman–Crippen MR) is 133 cm³/mol. The maximum atomic E-state index is 2.33. The van der Waals surface area contributed by atoms with Gasteiger partial charge in [-0.15, -0.1) is 0 Å². The van der Waals surface area contributed by atoms with Gasteiger partial charge in [0.25, 0.3) is 0 Å². The lowest BCUT2D eigenvalue weighted by molar-refractivity contribution is 0.121. The first-order valence-corrected chi connectivity index (χ1v) is 11.0. The monoisotopic (exact) mass is 386 g/mol. The van der Waals surface area contributed by atoms with Gasteiger partial charge in [0.1, 0.15) is 0 Å². The van der Waals surface area contributed by atoms with E-state index in [2.05, 4.69) is 125 Å². The molecule has 0 spiro atoms. The minimum Gasteiger partial charge on any atom is -0.0776 e. The average molecular weight is 387 g/mol. The number of rotatable bonds is 1. The van der Waals surface area contributed by atoms with Gasteiger partial charge in [-0.1, -0.05) is 132 Å². The fraction of sp³-hybridized carbons (Fsp3) is 1.00. The van der Waals surface area contributed by atoms with E-state index in [1.165, 1.54) is 0 Å². The van der Waals surface area contributed by atoms with Gasteiger partial charge in [-0.05, 0) is 45.3 Å². The second-order valence-corrected chi connectivity index (χ2v) is 13.4. The Kier molecular flexibility index (Phi) is 16.0. The van der Waals surface area contributed by atoms with Crippen LogP contribution < -0.4 is 0 Å². The van der Waals surface area contributed by atoms with Crippen molar-refractivity contribution in [2.24, 2.45) is 45.3 Å². The van der Waals surface area contributed by atoms with Gasteiger partial charge in [-0.25, -0.2) is 0 Å². The van der Waals surface area contributed by atoms with E-state index in [0.29, 0.717) is 21.7 Å². The van der Waals surface area contributed by atoms with E-state index in [-0.39, 0.29) is 7.43 Å². The molecule has 0 bridgehead atoms. The molecule has 0 aromatic rings. The van der Waals surface area contributed by atoms with Gasteiger partial charge in [0.05, 0.1) is 0 Å². The van der Waals surface area contributed by atoms with Crippen LogP contribution in [-0.4, -0.2) is 0 Å². The summed E-state index contributed by atoms with van der Waals surface area (Å²) in [5.74, 6) is 3.19. The molecule has 0 aliphatic carbocycles. The normalized spacial score (nSPS) is 14.1. The van der Waals surface area contributed by atoms with E-state index in [4.69, 9.17) is 0 Å². The number of hydrogen-bond donors (Lipinski definition) is 0. The summed E-state index contributed by atoms with van der Waals surface area (Å²) < 4.78 is 0. The zero-order valence-corrected chi connectivity index (χ0v) is 22.3. The Morgan fingerprint density at radius 2 is 0.630 bits per heavy atom. The van der Waals surface area contributed by atoms with Crippen molar-refractivity contribution in [2.75, 3.05) is 0 Å². The SMILES string of the molecule is C.CC(C(C)(C)C)C(C)(C)C.CC(C)C(C)(C)C.CC(C)C(C)C(C)(C)C. The van der Waals surface area contributed by atoms with Crippen LogP contribution >= 0.6 is 0 Å². The van der Waals surface area contributed by atoms with Crippen LogP contribution in [0.25, 0.3) is 0 Å². The predicted octanol–water partition coefficient (Wildman–Crippen LogP) is 10.4. The highest BCUT2D eigenvalue weighted by molar-refractivity contribution is 4.79. The Labute approximate surface area is 177 Å². The van der Waals surface area contributed by atoms with Gasteiger partial charge in [0, 0.05) is 0 Å². The van der Waals surface area contributed by atoms with Crippen molar-refractivity contribution in [1.82, 2.24) is 0 Å². The Balaban J connectivity index is -0.000000146. The molecule has 0 nitrogen and oxygen atoms in total. The molecule has 0 radical (unpaired) electrons. The van der Waals surface area contributed by atoms with Gasteiger partial charge in [0.15, 0.2) is 0 Å². The summed E-state index contributed by atoms with van der Waals surface area (Å²) >= 11 is 0. The van der Waals surface area contributed by atoms with Crippen LogP contribution in [0.1, 0.15) is 132 Å². The lowest BCUT2D eigenvalue weighted by Crippen LogP contribution is -2.29. The second kappa shape index (κ2) is 12.5. The van der Waals surface area contributed by atoms with Gasteiger partial charge in [-0.3, -0.25) is 0 Å². The molecule has 0 aromatic heterocycles. The van der Waals surface area contributed by atoms with Crippen LogP contribution in [0.2, 0.25) is 0 Å². The van der Waals surface area contributed by atoms with E-state index in [1.807, 2.05) is 0 Å². The molecule has 170 valence electrons. The summed E-state index contributed by atoms with van der Waals surface area (Å²) in [6.07, 6.45) is 0. The van der Waals surface area contributed by atoms with Crippen molar-refractivity contribution in [3.05, 3.63) is 0 Å². The molecule has 1 unspecified atom stereocenters. The Morgan fingerprint density at radius 1 is 0.407 bits per heavy atom. The lowest BCUT2D eigenvalue weighted by Gasteiger charge is -2.38. The quantitative estimate of drug-likeness (QED) is 0.420. The largest absolute Gasteiger partial charge is 0.0776 e. The first-order chi connectivity index (χ1) is 11.0. The molecular weight excluding hydrogens is 324 g/mol. The molecule has 27 heavy (non-hydrogen) atoms. The summed E-state index contributed by atoms with van der Waals surface area (Å²) in [6.45, 7) is 41.3. The van der Waals surface area contributed by atoms with Crippen LogP contribution in [0.5, 0.6) is 0 Å². The molecule has 0 aliphatic heterocycles. The second-order valence-electron chi connectivity index (χ2n) is 13.4. The third-order valence-corrected chi connectivity index (χ3v) is 6.70. The van der Waals surface area contributed by atoms with Gasteiger partial charge < -0.3 is 0 Å². The minimum atomic E-state index is 0. The Hall–Kier alpha value is 0. The summed E-state index contributed by atoms with van der Waals surface area (Å²) in [7, 11) is 0. The van der Waals surface area contributed by atoms with Crippen LogP contribution in [0.15, 0.2) is 0 Å². The maximum absolute atomic E-state index is 2.33. The topological polar surface area (TPSA) is 0 Å². The third-order valence-electron chi connectivity index (χ3n) is 6.70. The van der Waals surface area contributed by atoms with Crippen molar-refractivity contribution in [3.8, 4) is 0 Å². The Bertz CT molecular complexity index is 316. The fourth-order valence-electron chi connectivity index (χ4n) is 2.30.